The number of aryl methyl sites for hydroxylation is 2. The van der Waals surface area contributed by atoms with Gasteiger partial charge < -0.3 is 23.6 Å². The van der Waals surface area contributed by atoms with Crippen molar-refractivity contribution in [3.63, 3.8) is 0 Å². The van der Waals surface area contributed by atoms with Gasteiger partial charge in [0.25, 0.3) is 0 Å². The number of rotatable bonds is 11. The van der Waals surface area contributed by atoms with Crippen molar-refractivity contribution in [3.8, 4) is 11.5 Å². The molecule has 0 saturated carbocycles. The van der Waals surface area contributed by atoms with E-state index in [0.717, 1.165) is 36.1 Å². The van der Waals surface area contributed by atoms with Crippen LogP contribution in [0, 0.1) is 0 Å². The van der Waals surface area contributed by atoms with Crippen molar-refractivity contribution in [2.75, 3.05) is 0 Å². The van der Waals surface area contributed by atoms with Gasteiger partial charge in [-0.25, -0.2) is 8.42 Å². The van der Waals surface area contributed by atoms with E-state index < -0.39 is 29.1 Å². The molecule has 0 N–H and O–H groups in total. The SMILES string of the molecule is CCCCc1ccccc1Oc1cccc(CCCC(P(=O)([O-])[O-])S(=O)(=O)[O-])c1.[K+].[K+].[K+]. The Bertz CT molecular complexity index is 967. The van der Waals surface area contributed by atoms with Crippen LogP contribution < -0.4 is 169 Å². The molecular formula is C20H24K3O7PS. The monoisotopic (exact) mass is 556 g/mol. The van der Waals surface area contributed by atoms with Crippen LogP contribution in [0.15, 0.2) is 48.5 Å². The van der Waals surface area contributed by atoms with E-state index in [-0.39, 0.29) is 161 Å². The standard InChI is InChI=1S/C20H27O7PS.3K/c1-2-3-10-17-11-4-5-13-19(17)27-18-12-6-8-16(15-18)9-7-14-20(28(21,22)23)29(24,25)26;;;/h4-6,8,11-13,15,20H,2-3,7,9-10,14H2,1H3,(H2,21,22,23)(H,24,25,26);;;/q;3*+1/p-3. The van der Waals surface area contributed by atoms with Gasteiger partial charge in [-0.2, -0.15) is 0 Å². The van der Waals surface area contributed by atoms with Crippen LogP contribution in [0.3, 0.4) is 0 Å². The maximum atomic E-state index is 11.1. The summed E-state index contributed by atoms with van der Waals surface area (Å²) in [6.07, 6.45) is 2.87. The van der Waals surface area contributed by atoms with Crippen molar-refractivity contribution in [2.45, 2.75) is 50.4 Å². The van der Waals surface area contributed by atoms with Gasteiger partial charge in [-0.3, -0.25) is 0 Å². The first kappa shape index (κ1) is 37.4. The van der Waals surface area contributed by atoms with Crippen LogP contribution >= 0.6 is 7.60 Å². The van der Waals surface area contributed by atoms with E-state index in [1.54, 1.807) is 24.3 Å². The Labute approximate surface area is 318 Å². The van der Waals surface area contributed by atoms with E-state index in [1.807, 2.05) is 24.3 Å². The molecule has 1 atom stereocenters. The molecule has 7 nitrogen and oxygen atoms in total. The summed E-state index contributed by atoms with van der Waals surface area (Å²) in [5.41, 5.74) is 1.88. The van der Waals surface area contributed by atoms with Crippen molar-refractivity contribution in [1.82, 2.24) is 0 Å². The predicted molar refractivity (Wildman–Crippen MR) is 106 cm³/mol. The molecule has 0 bridgehead atoms. The molecule has 1 unspecified atom stereocenters. The van der Waals surface area contributed by atoms with Gasteiger partial charge in [-0.15, -0.1) is 0 Å². The van der Waals surface area contributed by atoms with E-state index in [9.17, 15) is 27.3 Å². The van der Waals surface area contributed by atoms with Crippen molar-refractivity contribution in [2.24, 2.45) is 0 Å². The number of hydrogen-bond acceptors (Lipinski definition) is 7. The normalized spacial score (nSPS) is 12.0. The van der Waals surface area contributed by atoms with Crippen molar-refractivity contribution in [3.05, 3.63) is 59.7 Å². The second-order valence-electron chi connectivity index (χ2n) is 6.84. The summed E-state index contributed by atoms with van der Waals surface area (Å²) >= 11 is 0. The summed E-state index contributed by atoms with van der Waals surface area (Å²) in [5, 5.41) is 0. The van der Waals surface area contributed by atoms with Gasteiger partial charge in [0, 0.05) is 0 Å². The molecule has 2 aromatic carbocycles. The topological polar surface area (TPSA) is 130 Å². The molecule has 0 saturated heterocycles. The van der Waals surface area contributed by atoms with E-state index in [2.05, 4.69) is 6.92 Å². The minimum absolute atomic E-state index is 0. The molecule has 0 heterocycles. The van der Waals surface area contributed by atoms with Crippen LogP contribution in [0.4, 0.5) is 0 Å². The third-order valence-corrected chi connectivity index (χ3v) is 7.92. The maximum Gasteiger partial charge on any atom is 1.00 e. The number of benzene rings is 2. The summed E-state index contributed by atoms with van der Waals surface area (Å²) in [4.78, 5) is 19.7. The van der Waals surface area contributed by atoms with E-state index in [0.29, 0.717) is 12.2 Å². The van der Waals surface area contributed by atoms with E-state index >= 15 is 0 Å². The van der Waals surface area contributed by atoms with Crippen molar-refractivity contribution < 1.29 is 186 Å². The Morgan fingerprint density at radius 3 is 2.22 bits per heavy atom. The Morgan fingerprint density at radius 1 is 0.969 bits per heavy atom. The van der Waals surface area contributed by atoms with Crippen molar-refractivity contribution >= 4 is 17.7 Å². The molecule has 12 heteroatoms. The minimum Gasteiger partial charge on any atom is -0.810 e. The van der Waals surface area contributed by atoms with E-state index in [1.165, 1.54) is 0 Å². The van der Waals surface area contributed by atoms with E-state index in [4.69, 9.17) is 4.74 Å². The van der Waals surface area contributed by atoms with Crippen LogP contribution in [-0.4, -0.2) is 18.0 Å². The second kappa shape index (κ2) is 18.5. The van der Waals surface area contributed by atoms with Gasteiger partial charge in [0.1, 0.15) is 21.6 Å². The Hall–Kier alpha value is 3.21. The smallest absolute Gasteiger partial charge is 0.810 e. The minimum atomic E-state index is -5.51. The number of ether oxygens (including phenoxy) is 1. The van der Waals surface area contributed by atoms with Gasteiger partial charge in [-0.05, 0) is 61.4 Å². The number of para-hydroxylation sites is 1. The molecule has 2 rings (SSSR count). The fourth-order valence-corrected chi connectivity index (χ4v) is 5.23. The van der Waals surface area contributed by atoms with Crippen LogP contribution in [0.5, 0.6) is 11.5 Å². The molecule has 0 radical (unpaired) electrons. The van der Waals surface area contributed by atoms with Crippen LogP contribution in [0.25, 0.3) is 0 Å². The molecule has 32 heavy (non-hydrogen) atoms. The van der Waals surface area contributed by atoms with Crippen LogP contribution in [0.2, 0.25) is 0 Å². The van der Waals surface area contributed by atoms with Gasteiger partial charge in [0.2, 0.25) is 0 Å². The first-order chi connectivity index (χ1) is 13.6. The average molecular weight is 557 g/mol. The first-order valence-corrected chi connectivity index (χ1v) is 12.5. The molecular weight excluding hydrogens is 533 g/mol. The fraction of sp³-hybridized carbons (Fsp3) is 0.400. The molecule has 0 spiro atoms. The largest absolute Gasteiger partial charge is 1.00 e. The fourth-order valence-electron chi connectivity index (χ4n) is 3.01. The quantitative estimate of drug-likeness (QED) is 0.153. The van der Waals surface area contributed by atoms with Crippen LogP contribution in [-0.2, 0) is 27.5 Å². The van der Waals surface area contributed by atoms with Crippen LogP contribution in [0.1, 0.15) is 43.7 Å². The third-order valence-electron chi connectivity index (χ3n) is 4.50. The Kier molecular flexibility index (Phi) is 21.6. The number of unbranched alkanes of at least 4 members (excludes halogenated alkanes) is 1. The summed E-state index contributed by atoms with van der Waals surface area (Å²) in [6.45, 7) is 2.12. The van der Waals surface area contributed by atoms with Gasteiger partial charge >= 0.3 is 154 Å². The summed E-state index contributed by atoms with van der Waals surface area (Å²) in [7, 11) is -10.7. The van der Waals surface area contributed by atoms with Gasteiger partial charge in [0.15, 0.2) is 0 Å². The zero-order valence-electron chi connectivity index (χ0n) is 19.2. The molecule has 0 aliphatic carbocycles. The molecule has 0 fully saturated rings. The molecule has 160 valence electrons. The number of hydrogen-bond donors (Lipinski definition) is 0. The maximum absolute atomic E-state index is 11.1. The predicted octanol–water partition coefficient (Wildman–Crippen LogP) is -6.06. The summed E-state index contributed by atoms with van der Waals surface area (Å²) < 4.78 is 50.2. The zero-order chi connectivity index (χ0) is 21.5. The second-order valence-corrected chi connectivity index (χ2v) is 10.4. The van der Waals surface area contributed by atoms with Gasteiger partial charge in [-0.1, -0.05) is 51.3 Å². The first-order valence-electron chi connectivity index (χ1n) is 9.42. The molecule has 0 aliphatic heterocycles. The zero-order valence-corrected chi connectivity index (χ0v) is 30.2. The molecule has 0 aromatic heterocycles. The summed E-state index contributed by atoms with van der Waals surface area (Å²) in [6, 6.07) is 14.9. The Morgan fingerprint density at radius 2 is 1.62 bits per heavy atom. The molecule has 0 aliphatic rings. The summed E-state index contributed by atoms with van der Waals surface area (Å²) in [5.74, 6) is 1.35. The molecule has 0 amide bonds. The third kappa shape index (κ3) is 13.7. The average Bonchev–Trinajstić information content (AvgIpc) is 2.63. The van der Waals surface area contributed by atoms with Gasteiger partial charge in [0.05, 0.1) is 4.99 Å². The van der Waals surface area contributed by atoms with Crippen molar-refractivity contribution in [1.29, 1.82) is 0 Å². The Balaban J connectivity index is 0. The molecule has 2 aromatic rings.